The number of benzene rings is 1. The van der Waals surface area contributed by atoms with Gasteiger partial charge in [-0.05, 0) is 23.0 Å². The molecule has 1 rings (SSSR count). The van der Waals surface area contributed by atoms with Crippen LogP contribution in [0.3, 0.4) is 0 Å². The summed E-state index contributed by atoms with van der Waals surface area (Å²) >= 11 is 0. The van der Waals surface area contributed by atoms with Crippen molar-refractivity contribution in [3.63, 3.8) is 0 Å². The normalized spacial score (nSPS) is 12.0. The zero-order valence-corrected chi connectivity index (χ0v) is 14.8. The molecule has 0 aliphatic rings. The smallest absolute Gasteiger partial charge is 0.308 e. The molecular formula is C18H26O4. The van der Waals surface area contributed by atoms with Gasteiger partial charge in [0.25, 0.3) is 0 Å². The van der Waals surface area contributed by atoms with E-state index < -0.39 is 0 Å². The summed E-state index contributed by atoms with van der Waals surface area (Å²) in [5.74, 6) is 0.290. The van der Waals surface area contributed by atoms with Gasteiger partial charge in [-0.3, -0.25) is 9.59 Å². The van der Waals surface area contributed by atoms with Crippen LogP contribution in [0.5, 0.6) is 11.5 Å². The lowest BCUT2D eigenvalue weighted by Gasteiger charge is -2.29. The van der Waals surface area contributed by atoms with E-state index in [1.54, 1.807) is 12.1 Å². The second-order valence-corrected chi connectivity index (χ2v) is 7.53. The molecule has 122 valence electrons. The average molecular weight is 306 g/mol. The molecule has 0 saturated carbocycles. The summed E-state index contributed by atoms with van der Waals surface area (Å²) in [6.45, 7) is 14.9. The van der Waals surface area contributed by atoms with E-state index in [0.29, 0.717) is 11.5 Å². The van der Waals surface area contributed by atoms with Crippen LogP contribution >= 0.6 is 0 Å². The lowest BCUT2D eigenvalue weighted by Crippen LogP contribution is -2.21. The third kappa shape index (κ3) is 4.58. The van der Waals surface area contributed by atoms with Crippen LogP contribution in [0.1, 0.15) is 66.5 Å². The number of hydrogen-bond donors (Lipinski definition) is 0. The van der Waals surface area contributed by atoms with Gasteiger partial charge in [0.15, 0.2) is 0 Å². The predicted molar refractivity (Wildman–Crippen MR) is 86.5 cm³/mol. The summed E-state index contributed by atoms with van der Waals surface area (Å²) in [4.78, 5) is 22.8. The Hall–Kier alpha value is -1.84. The highest BCUT2D eigenvalue weighted by atomic mass is 16.5. The Labute approximate surface area is 132 Å². The fourth-order valence-corrected chi connectivity index (χ4v) is 2.20. The monoisotopic (exact) mass is 306 g/mol. The molecule has 4 nitrogen and oxygen atoms in total. The molecule has 0 radical (unpaired) electrons. The van der Waals surface area contributed by atoms with Crippen molar-refractivity contribution in [2.75, 3.05) is 0 Å². The second kappa shape index (κ2) is 6.11. The minimum absolute atomic E-state index is 0.263. The molecule has 22 heavy (non-hydrogen) atoms. The van der Waals surface area contributed by atoms with Crippen molar-refractivity contribution in [3.05, 3.63) is 23.3 Å². The van der Waals surface area contributed by atoms with Crippen molar-refractivity contribution in [2.45, 2.75) is 66.2 Å². The number of esters is 2. The van der Waals surface area contributed by atoms with Crippen LogP contribution in [0.15, 0.2) is 12.1 Å². The van der Waals surface area contributed by atoms with Gasteiger partial charge < -0.3 is 9.47 Å². The summed E-state index contributed by atoms with van der Waals surface area (Å²) in [5.41, 5.74) is 1.15. The highest BCUT2D eigenvalue weighted by Gasteiger charge is 2.29. The standard InChI is InChI=1S/C18H26O4/c1-11(19)21-13-9-14(17(3,4)5)16(22-12(2)20)15(10-13)18(6,7)8/h9-10H,1-8H3. The van der Waals surface area contributed by atoms with Crippen molar-refractivity contribution in [1.29, 1.82) is 0 Å². The lowest BCUT2D eigenvalue weighted by atomic mass is 9.79. The fraction of sp³-hybridized carbons (Fsp3) is 0.556. The maximum absolute atomic E-state index is 11.5. The van der Waals surface area contributed by atoms with E-state index in [1.165, 1.54) is 13.8 Å². The number of rotatable bonds is 2. The molecule has 0 bridgehead atoms. The van der Waals surface area contributed by atoms with Crippen LogP contribution in [0.4, 0.5) is 0 Å². The Morgan fingerprint density at radius 1 is 0.773 bits per heavy atom. The van der Waals surface area contributed by atoms with Crippen molar-refractivity contribution in [3.8, 4) is 11.5 Å². The zero-order valence-electron chi connectivity index (χ0n) is 14.8. The molecule has 0 unspecified atom stereocenters. The van der Waals surface area contributed by atoms with E-state index in [-0.39, 0.29) is 22.8 Å². The molecule has 0 atom stereocenters. The van der Waals surface area contributed by atoms with Gasteiger partial charge in [-0.15, -0.1) is 0 Å². The number of hydrogen-bond acceptors (Lipinski definition) is 4. The topological polar surface area (TPSA) is 52.6 Å². The molecule has 1 aromatic carbocycles. The van der Waals surface area contributed by atoms with E-state index in [2.05, 4.69) is 0 Å². The van der Waals surface area contributed by atoms with Gasteiger partial charge in [0, 0.05) is 25.0 Å². The third-order valence-electron chi connectivity index (χ3n) is 3.19. The van der Waals surface area contributed by atoms with Gasteiger partial charge in [-0.25, -0.2) is 0 Å². The SMILES string of the molecule is CC(=O)Oc1cc(C(C)(C)C)c(OC(C)=O)c(C(C)(C)C)c1. The third-order valence-corrected chi connectivity index (χ3v) is 3.19. The van der Waals surface area contributed by atoms with Crippen LogP contribution in [0.25, 0.3) is 0 Å². The Bertz CT molecular complexity index is 551. The predicted octanol–water partition coefficient (Wildman–Crippen LogP) is 4.13. The molecule has 0 fully saturated rings. The molecule has 0 heterocycles. The van der Waals surface area contributed by atoms with Crippen LogP contribution in [0, 0.1) is 0 Å². The van der Waals surface area contributed by atoms with E-state index in [9.17, 15) is 9.59 Å². The largest absolute Gasteiger partial charge is 0.427 e. The molecule has 1 aromatic rings. The number of carbonyl (C=O) groups excluding carboxylic acids is 2. The molecule has 0 aromatic heterocycles. The summed E-state index contributed by atoms with van der Waals surface area (Å²) in [7, 11) is 0. The highest BCUT2D eigenvalue weighted by molar-refractivity contribution is 5.73. The maximum atomic E-state index is 11.5. The summed E-state index contributed by atoms with van der Waals surface area (Å²) in [6.07, 6.45) is 0. The van der Waals surface area contributed by atoms with E-state index in [1.807, 2.05) is 41.5 Å². The maximum Gasteiger partial charge on any atom is 0.308 e. The first-order chi connectivity index (χ1) is 9.82. The quantitative estimate of drug-likeness (QED) is 0.609. The first-order valence-corrected chi connectivity index (χ1v) is 7.38. The first-order valence-electron chi connectivity index (χ1n) is 7.38. The highest BCUT2D eigenvalue weighted by Crippen LogP contribution is 2.42. The van der Waals surface area contributed by atoms with Gasteiger partial charge in [-0.1, -0.05) is 41.5 Å². The Kier molecular flexibility index (Phi) is 5.06. The van der Waals surface area contributed by atoms with Crippen LogP contribution < -0.4 is 9.47 Å². The van der Waals surface area contributed by atoms with Gasteiger partial charge in [-0.2, -0.15) is 0 Å². The molecule has 0 saturated heterocycles. The van der Waals surface area contributed by atoms with E-state index >= 15 is 0 Å². The second-order valence-electron chi connectivity index (χ2n) is 7.53. The average Bonchev–Trinajstić information content (AvgIpc) is 2.26. The van der Waals surface area contributed by atoms with Crippen molar-refractivity contribution < 1.29 is 19.1 Å². The Morgan fingerprint density at radius 2 is 1.14 bits per heavy atom. The molecule has 0 spiro atoms. The Morgan fingerprint density at radius 3 is 1.41 bits per heavy atom. The van der Waals surface area contributed by atoms with E-state index in [4.69, 9.17) is 9.47 Å². The summed E-state index contributed by atoms with van der Waals surface area (Å²) in [6, 6.07) is 3.55. The van der Waals surface area contributed by atoms with Crippen LogP contribution in [0.2, 0.25) is 0 Å². The Balaban J connectivity index is 3.68. The first kappa shape index (κ1) is 18.2. The van der Waals surface area contributed by atoms with Gasteiger partial charge >= 0.3 is 11.9 Å². The minimum atomic E-state index is -0.375. The van der Waals surface area contributed by atoms with Crippen LogP contribution in [-0.4, -0.2) is 11.9 Å². The molecule has 4 heteroatoms. The molecule has 0 N–H and O–H groups in total. The van der Waals surface area contributed by atoms with Crippen molar-refractivity contribution in [2.24, 2.45) is 0 Å². The molecule has 0 aliphatic heterocycles. The van der Waals surface area contributed by atoms with Crippen molar-refractivity contribution >= 4 is 11.9 Å². The minimum Gasteiger partial charge on any atom is -0.427 e. The molecule has 0 amide bonds. The van der Waals surface area contributed by atoms with E-state index in [0.717, 1.165) is 11.1 Å². The molecule has 0 aliphatic carbocycles. The van der Waals surface area contributed by atoms with Gasteiger partial charge in [0.2, 0.25) is 0 Å². The molecular weight excluding hydrogens is 280 g/mol. The fourth-order valence-electron chi connectivity index (χ4n) is 2.20. The zero-order chi connectivity index (χ0) is 17.3. The summed E-state index contributed by atoms with van der Waals surface area (Å²) < 4.78 is 10.8. The van der Waals surface area contributed by atoms with Gasteiger partial charge in [0.1, 0.15) is 11.5 Å². The summed E-state index contributed by atoms with van der Waals surface area (Å²) in [5, 5.41) is 0. The van der Waals surface area contributed by atoms with Crippen molar-refractivity contribution in [1.82, 2.24) is 0 Å². The number of carbonyl (C=O) groups is 2. The van der Waals surface area contributed by atoms with Gasteiger partial charge in [0.05, 0.1) is 0 Å². The van der Waals surface area contributed by atoms with Crippen LogP contribution in [-0.2, 0) is 20.4 Å². The number of ether oxygens (including phenoxy) is 2. The lowest BCUT2D eigenvalue weighted by molar-refractivity contribution is -0.133.